The van der Waals surface area contributed by atoms with E-state index in [0.29, 0.717) is 42.7 Å². The molecule has 0 radical (unpaired) electrons. The fourth-order valence-corrected chi connectivity index (χ4v) is 5.47. The molecule has 2 aliphatic heterocycles. The average Bonchev–Trinajstić information content (AvgIpc) is 3.06. The van der Waals surface area contributed by atoms with Crippen LogP contribution in [-0.2, 0) is 6.42 Å². The summed E-state index contributed by atoms with van der Waals surface area (Å²) in [5.41, 5.74) is 2.05. The van der Waals surface area contributed by atoms with Crippen LogP contribution in [0.2, 0.25) is 0 Å². The second-order valence-electron chi connectivity index (χ2n) is 8.86. The molecule has 2 aromatic carbocycles. The van der Waals surface area contributed by atoms with Gasteiger partial charge in [-0.25, -0.2) is 14.8 Å². The van der Waals surface area contributed by atoms with E-state index in [0.717, 1.165) is 28.4 Å². The molecule has 1 N–H and O–H groups in total. The van der Waals surface area contributed by atoms with Crippen LogP contribution >= 0.6 is 11.8 Å². The predicted molar refractivity (Wildman–Crippen MR) is 139 cm³/mol. The van der Waals surface area contributed by atoms with Gasteiger partial charge >= 0.3 is 6.09 Å². The van der Waals surface area contributed by atoms with Gasteiger partial charge in [0, 0.05) is 37.1 Å². The van der Waals surface area contributed by atoms with Crippen molar-refractivity contribution < 1.29 is 14.7 Å². The van der Waals surface area contributed by atoms with Crippen molar-refractivity contribution in [3.8, 4) is 6.07 Å². The van der Waals surface area contributed by atoms with Gasteiger partial charge in [0.2, 0.25) is 0 Å². The fraction of sp³-hybridized carbons (Fsp3) is 0.346. The highest BCUT2D eigenvalue weighted by molar-refractivity contribution is 7.98. The van der Waals surface area contributed by atoms with E-state index in [9.17, 15) is 20.0 Å². The normalized spacial score (nSPS) is 18.1. The molecule has 1 aromatic heterocycles. The smallest absolute Gasteiger partial charge is 0.407 e. The highest BCUT2D eigenvalue weighted by Gasteiger charge is 2.35. The van der Waals surface area contributed by atoms with Crippen LogP contribution < -0.4 is 9.80 Å². The first-order chi connectivity index (χ1) is 17.5. The molecular formula is C26H26N6O3S. The monoisotopic (exact) mass is 502 g/mol. The number of hydrogen-bond donors (Lipinski definition) is 1. The van der Waals surface area contributed by atoms with Crippen LogP contribution in [0.4, 0.5) is 16.3 Å². The Kier molecular flexibility index (Phi) is 6.65. The lowest BCUT2D eigenvalue weighted by Crippen LogP contribution is -2.55. The van der Waals surface area contributed by atoms with Gasteiger partial charge in [-0.1, -0.05) is 48.2 Å². The Balaban J connectivity index is 1.56. The van der Waals surface area contributed by atoms with E-state index in [1.165, 1.54) is 16.7 Å². The van der Waals surface area contributed by atoms with Crippen LogP contribution in [-0.4, -0.2) is 70.5 Å². The lowest BCUT2D eigenvalue weighted by Gasteiger charge is -2.40. The Morgan fingerprint density at radius 3 is 2.75 bits per heavy atom. The number of carboxylic acid groups (broad SMARTS) is 1. The molecule has 2 aliphatic rings. The second-order valence-corrected chi connectivity index (χ2v) is 9.63. The van der Waals surface area contributed by atoms with Gasteiger partial charge in [0.25, 0.3) is 5.91 Å². The number of nitriles is 1. The maximum atomic E-state index is 14.0. The lowest BCUT2D eigenvalue weighted by molar-refractivity contribution is 0.0983. The third kappa shape index (κ3) is 4.31. The second kappa shape index (κ2) is 10.0. The van der Waals surface area contributed by atoms with Crippen molar-refractivity contribution in [3.05, 3.63) is 53.7 Å². The number of fused-ring (bicyclic) bond motifs is 2. The molecular weight excluding hydrogens is 476 g/mol. The molecule has 1 atom stereocenters. The Morgan fingerprint density at radius 1 is 1.17 bits per heavy atom. The molecule has 0 aliphatic carbocycles. The summed E-state index contributed by atoms with van der Waals surface area (Å²) in [6.45, 7) is 1.61. The van der Waals surface area contributed by atoms with Crippen molar-refractivity contribution >= 4 is 46.0 Å². The Morgan fingerprint density at radius 2 is 1.97 bits per heavy atom. The molecule has 2 amide bonds. The molecule has 0 bridgehead atoms. The summed E-state index contributed by atoms with van der Waals surface area (Å²) in [6, 6.07) is 15.6. The van der Waals surface area contributed by atoms with E-state index in [1.807, 2.05) is 58.5 Å². The number of thioether (sulfide) groups is 1. The standard InChI is InChI=1S/C26H26N6O3S/c1-36-25-28-22-20(23(29-25)30-14-15-31(26(34)35)18(16-30)11-12-27)9-5-13-32(24(22)33)21-10-4-7-17-6-2-3-8-19(17)21/h2-4,6-8,10,18H,5,9,11,13-16H2,1H3,(H,34,35). The first kappa shape index (κ1) is 23.9. The minimum atomic E-state index is -1.03. The van der Waals surface area contributed by atoms with Gasteiger partial charge < -0.3 is 19.8 Å². The first-order valence-electron chi connectivity index (χ1n) is 11.9. The van der Waals surface area contributed by atoms with Crippen LogP contribution in [0.25, 0.3) is 10.8 Å². The van der Waals surface area contributed by atoms with Crippen molar-refractivity contribution in [1.82, 2.24) is 14.9 Å². The molecule has 5 rings (SSSR count). The van der Waals surface area contributed by atoms with Crippen LogP contribution in [0.15, 0.2) is 47.6 Å². The summed E-state index contributed by atoms with van der Waals surface area (Å²) >= 11 is 1.37. The average molecular weight is 503 g/mol. The number of benzene rings is 2. The summed E-state index contributed by atoms with van der Waals surface area (Å²) < 4.78 is 0. The highest BCUT2D eigenvalue weighted by atomic mass is 32.2. The van der Waals surface area contributed by atoms with E-state index in [4.69, 9.17) is 4.98 Å². The van der Waals surface area contributed by atoms with E-state index < -0.39 is 12.1 Å². The number of piperazine rings is 1. The van der Waals surface area contributed by atoms with Crippen LogP contribution in [0, 0.1) is 11.3 Å². The van der Waals surface area contributed by atoms with Gasteiger partial charge in [-0.3, -0.25) is 4.79 Å². The van der Waals surface area contributed by atoms with Crippen molar-refractivity contribution in [3.63, 3.8) is 0 Å². The van der Waals surface area contributed by atoms with Gasteiger partial charge in [0.05, 0.1) is 24.2 Å². The molecule has 1 unspecified atom stereocenters. The maximum Gasteiger partial charge on any atom is 0.407 e. The van der Waals surface area contributed by atoms with Crippen molar-refractivity contribution in [2.24, 2.45) is 0 Å². The Bertz CT molecular complexity index is 1370. The van der Waals surface area contributed by atoms with E-state index >= 15 is 0 Å². The maximum absolute atomic E-state index is 14.0. The van der Waals surface area contributed by atoms with Crippen molar-refractivity contribution in [2.75, 3.05) is 42.2 Å². The molecule has 1 saturated heterocycles. The van der Waals surface area contributed by atoms with Gasteiger partial charge in [-0.15, -0.1) is 0 Å². The number of aromatic nitrogens is 2. The Hall–Kier alpha value is -3.84. The summed E-state index contributed by atoms with van der Waals surface area (Å²) in [5.74, 6) is 0.515. The number of hydrogen-bond acceptors (Lipinski definition) is 7. The summed E-state index contributed by atoms with van der Waals surface area (Å²) in [6.07, 6.45) is 2.32. The van der Waals surface area contributed by atoms with E-state index in [-0.39, 0.29) is 18.9 Å². The largest absolute Gasteiger partial charge is 0.465 e. The summed E-state index contributed by atoms with van der Waals surface area (Å²) in [7, 11) is 0. The van der Waals surface area contributed by atoms with Gasteiger partial charge in [-0.2, -0.15) is 5.26 Å². The molecule has 0 spiro atoms. The minimum Gasteiger partial charge on any atom is -0.465 e. The van der Waals surface area contributed by atoms with E-state index in [2.05, 4.69) is 11.1 Å². The predicted octanol–water partition coefficient (Wildman–Crippen LogP) is 4.03. The topological polar surface area (TPSA) is 114 Å². The lowest BCUT2D eigenvalue weighted by atomic mass is 10.1. The zero-order valence-electron chi connectivity index (χ0n) is 19.9. The van der Waals surface area contributed by atoms with Crippen LogP contribution in [0.3, 0.4) is 0 Å². The third-order valence-corrected chi connectivity index (χ3v) is 7.36. The number of anilines is 2. The van der Waals surface area contributed by atoms with Crippen molar-refractivity contribution in [1.29, 1.82) is 5.26 Å². The molecule has 9 nitrogen and oxygen atoms in total. The highest BCUT2D eigenvalue weighted by Crippen LogP contribution is 2.34. The number of amides is 2. The number of rotatable bonds is 4. The third-order valence-electron chi connectivity index (χ3n) is 6.82. The SMILES string of the molecule is CSc1nc2c(c(N3CCN(C(=O)O)C(CC#N)C3)n1)CCCN(c1cccc3ccccc13)C2=O. The summed E-state index contributed by atoms with van der Waals surface area (Å²) in [4.78, 5) is 40.2. The number of nitrogens with zero attached hydrogens (tertiary/aromatic N) is 6. The van der Waals surface area contributed by atoms with Crippen LogP contribution in [0.5, 0.6) is 0 Å². The molecule has 36 heavy (non-hydrogen) atoms. The first-order valence-corrected chi connectivity index (χ1v) is 13.1. The molecule has 184 valence electrons. The van der Waals surface area contributed by atoms with Crippen molar-refractivity contribution in [2.45, 2.75) is 30.5 Å². The molecule has 1 fully saturated rings. The number of carbonyl (C=O) groups is 2. The summed E-state index contributed by atoms with van der Waals surface area (Å²) in [5, 5.41) is 21.4. The molecule has 3 aromatic rings. The van der Waals surface area contributed by atoms with Gasteiger partial charge in [0.15, 0.2) is 5.16 Å². The van der Waals surface area contributed by atoms with Gasteiger partial charge in [-0.05, 0) is 30.6 Å². The number of carbonyl (C=O) groups excluding carboxylic acids is 1. The Labute approximate surface area is 213 Å². The van der Waals surface area contributed by atoms with E-state index in [1.54, 1.807) is 0 Å². The molecule has 0 saturated carbocycles. The minimum absolute atomic E-state index is 0.0965. The quantitative estimate of drug-likeness (QED) is 0.420. The molecule has 3 heterocycles. The molecule has 10 heteroatoms. The fourth-order valence-electron chi connectivity index (χ4n) is 5.11. The zero-order chi connectivity index (χ0) is 25.2. The van der Waals surface area contributed by atoms with Gasteiger partial charge in [0.1, 0.15) is 11.5 Å². The van der Waals surface area contributed by atoms with Crippen LogP contribution in [0.1, 0.15) is 28.9 Å². The zero-order valence-corrected chi connectivity index (χ0v) is 20.7.